The van der Waals surface area contributed by atoms with Gasteiger partial charge in [0, 0.05) is 30.2 Å². The van der Waals surface area contributed by atoms with Crippen LogP contribution in [0.2, 0.25) is 0 Å². The third-order valence-corrected chi connectivity index (χ3v) is 5.97. The number of halogens is 4. The van der Waals surface area contributed by atoms with Crippen LogP contribution in [-0.2, 0) is 23.9 Å². The van der Waals surface area contributed by atoms with Gasteiger partial charge in [-0.3, -0.25) is 9.69 Å². The van der Waals surface area contributed by atoms with Gasteiger partial charge in [-0.25, -0.2) is 9.37 Å². The number of carbonyl (C=O) groups excluding carboxylic acids is 1. The highest BCUT2D eigenvalue weighted by Gasteiger charge is 2.31. The summed E-state index contributed by atoms with van der Waals surface area (Å²) in [5.41, 5.74) is 2.12. The molecule has 0 unspecified atom stereocenters. The van der Waals surface area contributed by atoms with E-state index in [-0.39, 0.29) is 28.7 Å². The van der Waals surface area contributed by atoms with E-state index < -0.39 is 17.6 Å². The van der Waals surface area contributed by atoms with Gasteiger partial charge in [-0.1, -0.05) is 12.1 Å². The molecule has 1 aliphatic rings. The lowest BCUT2D eigenvalue weighted by molar-refractivity contribution is -0.137. The summed E-state index contributed by atoms with van der Waals surface area (Å²) < 4.78 is 52.4. The number of fused-ring (bicyclic) bond motifs is 1. The Bertz CT molecular complexity index is 1160. The van der Waals surface area contributed by atoms with Gasteiger partial charge in [-0.15, -0.1) is 11.3 Å². The summed E-state index contributed by atoms with van der Waals surface area (Å²) in [4.78, 5) is 21.1. The number of nitrogens with zero attached hydrogens (tertiary/aromatic N) is 3. The van der Waals surface area contributed by atoms with Gasteiger partial charge in [0.25, 0.3) is 0 Å². The van der Waals surface area contributed by atoms with Gasteiger partial charge in [-0.05, 0) is 42.4 Å². The highest BCUT2D eigenvalue weighted by atomic mass is 32.1. The average molecular weight is 464 g/mol. The van der Waals surface area contributed by atoms with Crippen molar-refractivity contribution in [3.63, 3.8) is 0 Å². The molecule has 0 aliphatic carbocycles. The molecular formula is C22H20F4N4OS. The van der Waals surface area contributed by atoms with Crippen molar-refractivity contribution in [2.75, 3.05) is 31.0 Å². The Kier molecular flexibility index (Phi) is 5.91. The molecule has 2 heterocycles. The zero-order valence-electron chi connectivity index (χ0n) is 17.3. The first kappa shape index (κ1) is 22.2. The Morgan fingerprint density at radius 3 is 2.72 bits per heavy atom. The molecule has 32 heavy (non-hydrogen) atoms. The zero-order valence-corrected chi connectivity index (χ0v) is 18.1. The number of carbonyl (C=O) groups is 1. The lowest BCUT2D eigenvalue weighted by Crippen LogP contribution is -2.38. The highest BCUT2D eigenvalue weighted by Crippen LogP contribution is 2.34. The largest absolute Gasteiger partial charge is 0.416 e. The second-order valence-corrected chi connectivity index (χ2v) is 8.58. The van der Waals surface area contributed by atoms with E-state index in [4.69, 9.17) is 0 Å². The maximum Gasteiger partial charge on any atom is 0.416 e. The van der Waals surface area contributed by atoms with E-state index in [2.05, 4.69) is 20.1 Å². The molecule has 1 amide bonds. The monoisotopic (exact) mass is 464 g/mol. The van der Waals surface area contributed by atoms with E-state index in [1.54, 1.807) is 0 Å². The molecule has 3 aromatic rings. The number of thiazole rings is 1. The first-order valence-corrected chi connectivity index (χ1v) is 10.6. The van der Waals surface area contributed by atoms with Crippen LogP contribution in [0.3, 0.4) is 0 Å². The van der Waals surface area contributed by atoms with Crippen molar-refractivity contribution in [3.05, 3.63) is 64.3 Å². The number of rotatable bonds is 4. The van der Waals surface area contributed by atoms with Gasteiger partial charge in [-0.2, -0.15) is 13.2 Å². The molecule has 5 nitrogen and oxygen atoms in total. The molecule has 0 atom stereocenters. The topological polar surface area (TPSA) is 48.5 Å². The van der Waals surface area contributed by atoms with Crippen LogP contribution >= 0.6 is 11.3 Å². The Morgan fingerprint density at radius 2 is 2.00 bits per heavy atom. The van der Waals surface area contributed by atoms with Crippen molar-refractivity contribution < 1.29 is 22.4 Å². The van der Waals surface area contributed by atoms with Crippen LogP contribution in [0.15, 0.2) is 41.8 Å². The van der Waals surface area contributed by atoms with E-state index in [9.17, 15) is 22.4 Å². The molecule has 1 N–H and O–H groups in total. The van der Waals surface area contributed by atoms with E-state index >= 15 is 0 Å². The summed E-state index contributed by atoms with van der Waals surface area (Å²) in [5, 5.41) is 4.45. The van der Waals surface area contributed by atoms with E-state index in [1.165, 1.54) is 5.38 Å². The standard InChI is InChI=1S/C22H20F4N4OS/c1-29-10-16-13(4-3-5-19(16)30(2)12-29)8-20(31)28-21-27-18(11-32-21)15-7-6-14(9-17(15)23)22(24,25)26/h3-7,9,11H,8,10,12H2,1-2H3,(H,27,28,31). The molecular weight excluding hydrogens is 444 g/mol. The Morgan fingerprint density at radius 1 is 1.22 bits per heavy atom. The molecule has 0 spiro atoms. The maximum atomic E-state index is 14.2. The average Bonchev–Trinajstić information content (AvgIpc) is 3.15. The van der Waals surface area contributed by atoms with E-state index in [0.717, 1.165) is 53.5 Å². The Labute approximate surface area is 186 Å². The third kappa shape index (κ3) is 4.61. The Hall–Kier alpha value is -2.98. The first-order chi connectivity index (χ1) is 15.1. The van der Waals surface area contributed by atoms with Gasteiger partial charge in [0.2, 0.25) is 5.91 Å². The fourth-order valence-electron chi connectivity index (χ4n) is 3.78. The van der Waals surface area contributed by atoms with Gasteiger partial charge in [0.15, 0.2) is 5.13 Å². The quantitative estimate of drug-likeness (QED) is 0.553. The summed E-state index contributed by atoms with van der Waals surface area (Å²) in [6.45, 7) is 1.53. The summed E-state index contributed by atoms with van der Waals surface area (Å²) in [5.74, 6) is -1.30. The van der Waals surface area contributed by atoms with Crippen LogP contribution in [0.1, 0.15) is 16.7 Å². The fourth-order valence-corrected chi connectivity index (χ4v) is 4.50. The molecule has 168 valence electrons. The highest BCUT2D eigenvalue weighted by molar-refractivity contribution is 7.14. The number of anilines is 2. The first-order valence-electron chi connectivity index (χ1n) is 9.75. The second kappa shape index (κ2) is 8.51. The molecule has 2 aromatic carbocycles. The molecule has 0 saturated carbocycles. The molecule has 0 saturated heterocycles. The smallest absolute Gasteiger partial charge is 0.361 e. The third-order valence-electron chi connectivity index (χ3n) is 5.22. The van der Waals surface area contributed by atoms with Crippen molar-refractivity contribution in [2.24, 2.45) is 0 Å². The van der Waals surface area contributed by atoms with Crippen molar-refractivity contribution in [1.82, 2.24) is 9.88 Å². The number of alkyl halides is 3. The van der Waals surface area contributed by atoms with Crippen LogP contribution in [0.4, 0.5) is 28.4 Å². The number of aromatic nitrogens is 1. The molecule has 0 radical (unpaired) electrons. The van der Waals surface area contributed by atoms with Crippen molar-refractivity contribution in [2.45, 2.75) is 19.1 Å². The Balaban J connectivity index is 1.48. The second-order valence-electron chi connectivity index (χ2n) is 7.72. The van der Waals surface area contributed by atoms with Crippen LogP contribution < -0.4 is 10.2 Å². The summed E-state index contributed by atoms with van der Waals surface area (Å²) in [7, 11) is 4.00. The maximum absolute atomic E-state index is 14.2. The van der Waals surface area contributed by atoms with Crippen LogP contribution in [0.5, 0.6) is 0 Å². The van der Waals surface area contributed by atoms with Crippen molar-refractivity contribution >= 4 is 28.1 Å². The lowest BCUT2D eigenvalue weighted by atomic mass is 10.00. The molecule has 0 bridgehead atoms. The van der Waals surface area contributed by atoms with Gasteiger partial charge < -0.3 is 10.2 Å². The zero-order chi connectivity index (χ0) is 23.0. The minimum absolute atomic E-state index is 0.0575. The number of amides is 1. The number of hydrogen-bond donors (Lipinski definition) is 1. The van der Waals surface area contributed by atoms with E-state index in [1.807, 2.05) is 32.3 Å². The molecule has 1 aliphatic heterocycles. The summed E-state index contributed by atoms with van der Waals surface area (Å²) >= 11 is 1.08. The van der Waals surface area contributed by atoms with Gasteiger partial charge in [0.05, 0.1) is 24.3 Å². The van der Waals surface area contributed by atoms with Crippen LogP contribution in [0.25, 0.3) is 11.3 Å². The van der Waals surface area contributed by atoms with Gasteiger partial charge >= 0.3 is 6.18 Å². The predicted molar refractivity (Wildman–Crippen MR) is 116 cm³/mol. The van der Waals surface area contributed by atoms with Crippen molar-refractivity contribution in [1.29, 1.82) is 0 Å². The van der Waals surface area contributed by atoms with Gasteiger partial charge in [0.1, 0.15) is 5.82 Å². The SMILES string of the molecule is CN1Cc2c(CC(=O)Nc3nc(-c4ccc(C(F)(F)F)cc4F)cs3)cccc2N(C)C1. The summed E-state index contributed by atoms with van der Waals surface area (Å²) in [6.07, 6.45) is -4.48. The number of hydrogen-bond acceptors (Lipinski definition) is 5. The van der Waals surface area contributed by atoms with Crippen LogP contribution in [-0.4, -0.2) is 36.6 Å². The minimum Gasteiger partial charge on any atom is -0.361 e. The van der Waals surface area contributed by atoms with Crippen LogP contribution in [0, 0.1) is 5.82 Å². The summed E-state index contributed by atoms with van der Waals surface area (Å²) in [6, 6.07) is 8.15. The fraction of sp³-hybridized carbons (Fsp3) is 0.273. The normalized spacial score (nSPS) is 14.4. The van der Waals surface area contributed by atoms with Crippen molar-refractivity contribution in [3.8, 4) is 11.3 Å². The van der Waals surface area contributed by atoms with E-state index in [0.29, 0.717) is 6.07 Å². The molecule has 10 heteroatoms. The minimum atomic E-state index is -4.62. The molecule has 0 fully saturated rings. The predicted octanol–water partition coefficient (Wildman–Crippen LogP) is 4.99. The lowest BCUT2D eigenvalue weighted by Gasteiger charge is -2.35. The number of nitrogens with one attached hydrogen (secondary N) is 1. The molecule has 1 aromatic heterocycles. The number of benzene rings is 2. The molecule has 4 rings (SSSR count).